The summed E-state index contributed by atoms with van der Waals surface area (Å²) in [6.07, 6.45) is 0. The van der Waals surface area contributed by atoms with E-state index in [1.807, 2.05) is 27.7 Å². The molecule has 0 spiro atoms. The Balaban J connectivity index is 2.99. The first kappa shape index (κ1) is 13.2. The van der Waals surface area contributed by atoms with E-state index in [4.69, 9.17) is 0 Å². The van der Waals surface area contributed by atoms with Crippen molar-refractivity contribution in [2.75, 3.05) is 5.32 Å². The third kappa shape index (κ3) is 3.04. The van der Waals surface area contributed by atoms with E-state index < -0.39 is 5.41 Å². The van der Waals surface area contributed by atoms with Crippen molar-refractivity contribution in [1.82, 2.24) is 0 Å². The molecule has 1 N–H and O–H groups in total. The highest BCUT2D eigenvalue weighted by atomic mass is 79.9. The third-order valence-corrected chi connectivity index (χ3v) is 2.80. The molecule has 1 aromatic rings. The zero-order chi connectivity index (χ0) is 12.5. The van der Waals surface area contributed by atoms with E-state index in [2.05, 4.69) is 21.2 Å². The van der Waals surface area contributed by atoms with Gasteiger partial charge in [0.1, 0.15) is 5.82 Å². The largest absolute Gasteiger partial charge is 0.325 e. The van der Waals surface area contributed by atoms with Crippen molar-refractivity contribution in [2.45, 2.75) is 27.7 Å². The van der Waals surface area contributed by atoms with Crippen LogP contribution < -0.4 is 5.32 Å². The zero-order valence-electron chi connectivity index (χ0n) is 9.82. The van der Waals surface area contributed by atoms with E-state index in [-0.39, 0.29) is 11.7 Å². The topological polar surface area (TPSA) is 29.1 Å². The number of halogens is 2. The molecule has 0 fully saturated rings. The smallest absolute Gasteiger partial charge is 0.229 e. The first-order chi connectivity index (χ1) is 7.21. The average Bonchev–Trinajstić information content (AvgIpc) is 2.12. The van der Waals surface area contributed by atoms with Crippen LogP contribution in [0, 0.1) is 18.2 Å². The Kier molecular flexibility index (Phi) is 3.73. The summed E-state index contributed by atoms with van der Waals surface area (Å²) in [5, 5.41) is 2.72. The van der Waals surface area contributed by atoms with E-state index in [9.17, 15) is 9.18 Å². The molecule has 16 heavy (non-hydrogen) atoms. The Morgan fingerprint density at radius 1 is 1.38 bits per heavy atom. The Hall–Kier alpha value is -0.900. The quantitative estimate of drug-likeness (QED) is 0.834. The summed E-state index contributed by atoms with van der Waals surface area (Å²) in [4.78, 5) is 11.7. The predicted molar refractivity (Wildman–Crippen MR) is 66.9 cm³/mol. The highest BCUT2D eigenvalue weighted by Crippen LogP contribution is 2.25. The minimum atomic E-state index is -0.490. The zero-order valence-corrected chi connectivity index (χ0v) is 11.4. The number of aryl methyl sites for hydroxylation is 1. The predicted octanol–water partition coefficient (Wildman–Crippen LogP) is 3.88. The molecular formula is C12H15BrFNO. The molecule has 88 valence electrons. The SMILES string of the molecule is Cc1cc(Br)c(F)cc1NC(=O)C(C)(C)C. The van der Waals surface area contributed by atoms with Crippen molar-refractivity contribution in [3.05, 3.63) is 28.0 Å². The number of benzene rings is 1. The van der Waals surface area contributed by atoms with Crippen molar-refractivity contribution in [1.29, 1.82) is 0 Å². The highest BCUT2D eigenvalue weighted by Gasteiger charge is 2.22. The van der Waals surface area contributed by atoms with Crippen LogP contribution in [-0.4, -0.2) is 5.91 Å². The Bertz CT molecular complexity index is 424. The minimum Gasteiger partial charge on any atom is -0.325 e. The van der Waals surface area contributed by atoms with Crippen molar-refractivity contribution in [3.8, 4) is 0 Å². The molecule has 0 bridgehead atoms. The van der Waals surface area contributed by atoms with Crippen LogP contribution in [0.3, 0.4) is 0 Å². The minimum absolute atomic E-state index is 0.127. The molecule has 0 aliphatic rings. The molecule has 1 rings (SSSR count). The van der Waals surface area contributed by atoms with Gasteiger partial charge in [-0.05, 0) is 40.5 Å². The average molecular weight is 288 g/mol. The molecule has 0 saturated heterocycles. The normalized spacial score (nSPS) is 11.4. The lowest BCUT2D eigenvalue weighted by Gasteiger charge is -2.18. The van der Waals surface area contributed by atoms with E-state index in [1.54, 1.807) is 6.07 Å². The van der Waals surface area contributed by atoms with E-state index in [0.29, 0.717) is 10.2 Å². The lowest BCUT2D eigenvalue weighted by atomic mass is 9.95. The molecule has 2 nitrogen and oxygen atoms in total. The molecule has 0 radical (unpaired) electrons. The van der Waals surface area contributed by atoms with Gasteiger partial charge in [-0.15, -0.1) is 0 Å². The summed E-state index contributed by atoms with van der Waals surface area (Å²) in [5.74, 6) is -0.507. The summed E-state index contributed by atoms with van der Waals surface area (Å²) in [7, 11) is 0. The summed E-state index contributed by atoms with van der Waals surface area (Å²) in [6, 6.07) is 2.97. The second-order valence-electron chi connectivity index (χ2n) is 4.79. The first-order valence-electron chi connectivity index (χ1n) is 4.99. The van der Waals surface area contributed by atoms with Crippen molar-refractivity contribution in [3.63, 3.8) is 0 Å². The van der Waals surface area contributed by atoms with Crippen LogP contribution in [0.25, 0.3) is 0 Å². The van der Waals surface area contributed by atoms with Gasteiger partial charge in [0.2, 0.25) is 5.91 Å². The number of carbonyl (C=O) groups is 1. The lowest BCUT2D eigenvalue weighted by Crippen LogP contribution is -2.28. The van der Waals surface area contributed by atoms with Crippen LogP contribution in [0.4, 0.5) is 10.1 Å². The summed E-state index contributed by atoms with van der Waals surface area (Å²) in [5.41, 5.74) is 0.849. The number of nitrogens with one attached hydrogen (secondary N) is 1. The fraction of sp³-hybridized carbons (Fsp3) is 0.417. The maximum absolute atomic E-state index is 13.3. The maximum Gasteiger partial charge on any atom is 0.229 e. The Morgan fingerprint density at radius 2 is 1.94 bits per heavy atom. The molecule has 0 aromatic heterocycles. The lowest BCUT2D eigenvalue weighted by molar-refractivity contribution is -0.123. The highest BCUT2D eigenvalue weighted by molar-refractivity contribution is 9.10. The van der Waals surface area contributed by atoms with Gasteiger partial charge in [-0.25, -0.2) is 4.39 Å². The summed E-state index contributed by atoms with van der Waals surface area (Å²) >= 11 is 3.10. The van der Waals surface area contributed by atoms with Crippen LogP contribution in [0.15, 0.2) is 16.6 Å². The van der Waals surface area contributed by atoms with Gasteiger partial charge in [-0.1, -0.05) is 20.8 Å². The summed E-state index contributed by atoms with van der Waals surface area (Å²) in [6.45, 7) is 7.26. The molecule has 0 aliphatic heterocycles. The van der Waals surface area contributed by atoms with Crippen LogP contribution >= 0.6 is 15.9 Å². The fourth-order valence-electron chi connectivity index (χ4n) is 1.09. The molecule has 1 amide bonds. The number of anilines is 1. The van der Waals surface area contributed by atoms with Gasteiger partial charge in [-0.3, -0.25) is 4.79 Å². The Labute approximate surface area is 103 Å². The van der Waals surface area contributed by atoms with Gasteiger partial charge >= 0.3 is 0 Å². The molecule has 4 heteroatoms. The van der Waals surface area contributed by atoms with Crippen molar-refractivity contribution in [2.24, 2.45) is 5.41 Å². The van der Waals surface area contributed by atoms with Gasteiger partial charge in [0.05, 0.1) is 4.47 Å². The van der Waals surface area contributed by atoms with E-state index in [0.717, 1.165) is 5.56 Å². The van der Waals surface area contributed by atoms with Crippen molar-refractivity contribution < 1.29 is 9.18 Å². The molecule has 1 aromatic carbocycles. The second-order valence-corrected chi connectivity index (χ2v) is 5.64. The number of carbonyl (C=O) groups excluding carboxylic acids is 1. The first-order valence-corrected chi connectivity index (χ1v) is 5.78. The standard InChI is InChI=1S/C12H15BrFNO/c1-7-5-8(13)9(14)6-10(7)15-11(16)12(2,3)4/h5-6H,1-4H3,(H,15,16). The van der Waals surface area contributed by atoms with Gasteiger partial charge in [-0.2, -0.15) is 0 Å². The van der Waals surface area contributed by atoms with E-state index >= 15 is 0 Å². The van der Waals surface area contributed by atoms with Crippen LogP contribution in [0.5, 0.6) is 0 Å². The number of hydrogen-bond donors (Lipinski definition) is 1. The van der Waals surface area contributed by atoms with Crippen LogP contribution in [0.1, 0.15) is 26.3 Å². The Morgan fingerprint density at radius 3 is 2.44 bits per heavy atom. The monoisotopic (exact) mass is 287 g/mol. The van der Waals surface area contributed by atoms with Gasteiger partial charge in [0, 0.05) is 11.1 Å². The molecule has 0 unspecified atom stereocenters. The molecular weight excluding hydrogens is 273 g/mol. The second kappa shape index (κ2) is 4.53. The molecule has 0 aliphatic carbocycles. The third-order valence-electron chi connectivity index (χ3n) is 2.20. The fourth-order valence-corrected chi connectivity index (χ4v) is 1.55. The van der Waals surface area contributed by atoms with E-state index in [1.165, 1.54) is 6.07 Å². The molecule has 0 heterocycles. The van der Waals surface area contributed by atoms with Gasteiger partial charge < -0.3 is 5.32 Å². The van der Waals surface area contributed by atoms with Crippen LogP contribution in [-0.2, 0) is 4.79 Å². The molecule has 0 atom stereocenters. The maximum atomic E-state index is 13.3. The van der Waals surface area contributed by atoms with Gasteiger partial charge in [0.15, 0.2) is 0 Å². The summed E-state index contributed by atoms with van der Waals surface area (Å²) < 4.78 is 13.7. The number of rotatable bonds is 1. The molecule has 0 saturated carbocycles. The van der Waals surface area contributed by atoms with Crippen molar-refractivity contribution >= 4 is 27.5 Å². The van der Waals surface area contributed by atoms with Gasteiger partial charge in [0.25, 0.3) is 0 Å². The number of amides is 1. The van der Waals surface area contributed by atoms with Crippen LogP contribution in [0.2, 0.25) is 0 Å². The number of hydrogen-bond acceptors (Lipinski definition) is 1.